The number of rotatable bonds is 11. The molecule has 2 saturated heterocycles. The van der Waals surface area contributed by atoms with Crippen LogP contribution in [0.3, 0.4) is 0 Å². The van der Waals surface area contributed by atoms with Crippen molar-refractivity contribution in [2.75, 3.05) is 25.4 Å². The lowest BCUT2D eigenvalue weighted by Crippen LogP contribution is -2.66. The van der Waals surface area contributed by atoms with Gasteiger partial charge in [-0.05, 0) is 0 Å². The Bertz CT molecular complexity index is 1240. The van der Waals surface area contributed by atoms with Gasteiger partial charge in [-0.25, -0.2) is 18.9 Å². The summed E-state index contributed by atoms with van der Waals surface area (Å²) in [6.07, 6.45) is -1.67. The standard InChI is InChI=1S/C18H22N6O10S2/c19-4-8-5-23(17(29)33-8)6-11-9(14(26)24(11)36(30,31)32)3-12(25)13(10-7-35-16(20)21-10)22-34-18(1-2-18)15(27)28/h7-9,11H,1-6,19H2,(H2,20,21)(H,27,28)(H,30,31,32)/b22-13-/t8-,9+,11-/m1/s1. The number of carboxylic acid groups (broad SMARTS) is 1. The Morgan fingerprint density at radius 1 is 1.36 bits per heavy atom. The Morgan fingerprint density at radius 3 is 2.56 bits per heavy atom. The molecule has 16 nitrogen and oxygen atoms in total. The van der Waals surface area contributed by atoms with E-state index in [2.05, 4.69) is 10.1 Å². The van der Waals surface area contributed by atoms with Gasteiger partial charge in [0.15, 0.2) is 16.6 Å². The number of nitrogen functional groups attached to an aromatic ring is 1. The van der Waals surface area contributed by atoms with E-state index >= 15 is 0 Å². The second kappa shape index (κ2) is 9.26. The maximum atomic E-state index is 13.2. The Balaban J connectivity index is 1.56. The Hall–Kier alpha value is -3.35. The molecular weight excluding hydrogens is 524 g/mol. The first-order valence-electron chi connectivity index (χ1n) is 10.6. The molecule has 1 aromatic rings. The van der Waals surface area contributed by atoms with Gasteiger partial charge in [0, 0.05) is 37.7 Å². The third-order valence-corrected chi connectivity index (χ3v) is 7.63. The van der Waals surface area contributed by atoms with Crippen LogP contribution in [-0.4, -0.2) is 99.1 Å². The van der Waals surface area contributed by atoms with Gasteiger partial charge >= 0.3 is 22.4 Å². The first-order valence-corrected chi connectivity index (χ1v) is 12.8. The molecule has 0 bridgehead atoms. The number of amides is 2. The summed E-state index contributed by atoms with van der Waals surface area (Å²) in [5.74, 6) is -4.41. The lowest BCUT2D eigenvalue weighted by atomic mass is 9.84. The Labute approximate surface area is 207 Å². The molecule has 2 aliphatic heterocycles. The van der Waals surface area contributed by atoms with E-state index in [0.29, 0.717) is 0 Å². The molecule has 3 fully saturated rings. The van der Waals surface area contributed by atoms with Crippen LogP contribution in [0.2, 0.25) is 0 Å². The van der Waals surface area contributed by atoms with E-state index in [1.807, 2.05) is 0 Å². The van der Waals surface area contributed by atoms with Gasteiger partial charge in [0.25, 0.3) is 0 Å². The van der Waals surface area contributed by atoms with Crippen LogP contribution >= 0.6 is 11.3 Å². The number of carbonyl (C=O) groups is 4. The number of nitrogens with two attached hydrogens (primary N) is 2. The minimum atomic E-state index is -4.99. The van der Waals surface area contributed by atoms with Gasteiger partial charge in [-0.2, -0.15) is 8.42 Å². The van der Waals surface area contributed by atoms with Crippen molar-refractivity contribution in [2.45, 2.75) is 37.0 Å². The average Bonchev–Trinajstić information content (AvgIpc) is 3.34. The van der Waals surface area contributed by atoms with Crippen LogP contribution in [0.15, 0.2) is 10.5 Å². The van der Waals surface area contributed by atoms with Crippen LogP contribution < -0.4 is 11.5 Å². The van der Waals surface area contributed by atoms with Gasteiger partial charge < -0.3 is 31.0 Å². The molecule has 2 amide bonds. The van der Waals surface area contributed by atoms with E-state index in [1.165, 1.54) is 5.38 Å². The van der Waals surface area contributed by atoms with Crippen molar-refractivity contribution in [3.05, 3.63) is 11.1 Å². The molecule has 0 aromatic carbocycles. The molecule has 1 saturated carbocycles. The van der Waals surface area contributed by atoms with E-state index in [0.717, 1.165) is 16.2 Å². The van der Waals surface area contributed by atoms with Crippen LogP contribution in [0.5, 0.6) is 0 Å². The number of oxime groups is 1. The van der Waals surface area contributed by atoms with E-state index in [4.69, 9.17) is 21.0 Å². The lowest BCUT2D eigenvalue weighted by Gasteiger charge is -2.45. The number of carbonyl (C=O) groups excluding carboxylic acids is 3. The lowest BCUT2D eigenvalue weighted by molar-refractivity contribution is -0.153. The van der Waals surface area contributed by atoms with Gasteiger partial charge in [-0.3, -0.25) is 14.1 Å². The molecule has 3 atom stereocenters. The fourth-order valence-corrected chi connectivity index (χ4v) is 5.34. The maximum Gasteiger partial charge on any atom is 0.410 e. The van der Waals surface area contributed by atoms with Crippen LogP contribution in [0.25, 0.3) is 0 Å². The molecule has 18 heteroatoms. The zero-order valence-corrected chi connectivity index (χ0v) is 20.1. The molecule has 1 aromatic heterocycles. The highest BCUT2D eigenvalue weighted by Gasteiger charge is 2.56. The Morgan fingerprint density at radius 2 is 2.06 bits per heavy atom. The number of carboxylic acids is 1. The van der Waals surface area contributed by atoms with E-state index in [1.54, 1.807) is 0 Å². The van der Waals surface area contributed by atoms with Crippen molar-refractivity contribution >= 4 is 56.2 Å². The zero-order chi connectivity index (χ0) is 26.4. The number of aliphatic carboxylic acids is 1. The van der Waals surface area contributed by atoms with Gasteiger partial charge in [-0.15, -0.1) is 11.3 Å². The van der Waals surface area contributed by atoms with Crippen molar-refractivity contribution in [3.63, 3.8) is 0 Å². The van der Waals surface area contributed by atoms with Crippen LogP contribution in [0.1, 0.15) is 25.0 Å². The summed E-state index contributed by atoms with van der Waals surface area (Å²) in [7, 11) is -4.99. The summed E-state index contributed by atoms with van der Waals surface area (Å²) >= 11 is 0.979. The second-order valence-electron chi connectivity index (χ2n) is 8.46. The molecule has 0 unspecified atom stereocenters. The minimum absolute atomic E-state index is 0.0181. The third kappa shape index (κ3) is 4.84. The fourth-order valence-electron chi connectivity index (χ4n) is 3.88. The molecule has 196 valence electrons. The summed E-state index contributed by atoms with van der Waals surface area (Å²) in [4.78, 5) is 59.5. The number of Topliss-reactive ketones (excluding diaryl/α,β-unsaturated/α-hetero) is 1. The number of ketones is 1. The van der Waals surface area contributed by atoms with Crippen LogP contribution in [0.4, 0.5) is 9.93 Å². The molecule has 36 heavy (non-hydrogen) atoms. The summed E-state index contributed by atoms with van der Waals surface area (Å²) in [5.41, 5.74) is 9.13. The normalized spacial score (nSPS) is 25.4. The van der Waals surface area contributed by atoms with Gasteiger partial charge in [-0.1, -0.05) is 5.16 Å². The highest BCUT2D eigenvalue weighted by atomic mass is 32.2. The predicted molar refractivity (Wildman–Crippen MR) is 120 cm³/mol. The number of hydrogen-bond acceptors (Lipinski definition) is 13. The van der Waals surface area contributed by atoms with Gasteiger partial charge in [0.05, 0.1) is 18.5 Å². The first kappa shape index (κ1) is 25.7. The third-order valence-electron chi connectivity index (χ3n) is 6.01. The molecule has 3 heterocycles. The number of anilines is 1. The van der Waals surface area contributed by atoms with E-state index in [9.17, 15) is 37.3 Å². The van der Waals surface area contributed by atoms with Crippen molar-refractivity contribution in [1.29, 1.82) is 0 Å². The number of nitrogens with zero attached hydrogens (tertiary/aromatic N) is 4. The SMILES string of the molecule is NC[C@@H]1CN(C[C@@H]2[C@H](CC(=O)/C(=N\OC3(C(=O)O)CC3)c3csc(N)n3)C(=O)N2S(=O)(=O)O)C(=O)O1. The van der Waals surface area contributed by atoms with Crippen LogP contribution in [0, 0.1) is 5.92 Å². The molecule has 3 aliphatic rings. The molecule has 0 radical (unpaired) electrons. The van der Waals surface area contributed by atoms with Crippen molar-refractivity contribution in [3.8, 4) is 0 Å². The summed E-state index contributed by atoms with van der Waals surface area (Å²) in [5, 5.41) is 14.5. The van der Waals surface area contributed by atoms with Crippen molar-refractivity contribution in [1.82, 2.24) is 14.2 Å². The van der Waals surface area contributed by atoms with E-state index in [-0.39, 0.29) is 47.6 Å². The highest BCUT2D eigenvalue weighted by molar-refractivity contribution is 7.84. The summed E-state index contributed by atoms with van der Waals surface area (Å²) < 4.78 is 38.3. The number of β-lactam (4-membered cyclic amide) rings is 1. The molecule has 6 N–H and O–H groups in total. The molecular formula is C18H22N6O10S2. The fraction of sp³-hybridized carbons (Fsp3) is 0.556. The summed E-state index contributed by atoms with van der Waals surface area (Å²) in [6.45, 7) is -0.312. The van der Waals surface area contributed by atoms with Gasteiger partial charge in [0.2, 0.25) is 11.5 Å². The number of hydrogen-bond donors (Lipinski definition) is 4. The molecule has 1 aliphatic carbocycles. The average molecular weight is 547 g/mol. The zero-order valence-electron chi connectivity index (χ0n) is 18.5. The second-order valence-corrected chi connectivity index (χ2v) is 10.6. The number of ether oxygens (including phenoxy) is 1. The largest absolute Gasteiger partial charge is 0.478 e. The molecule has 0 spiro atoms. The highest BCUT2D eigenvalue weighted by Crippen LogP contribution is 2.40. The topological polar surface area (TPSA) is 245 Å². The number of thiazole rings is 1. The quantitative estimate of drug-likeness (QED) is 0.106. The summed E-state index contributed by atoms with van der Waals surface area (Å²) in [6, 6.07) is -1.28. The number of cyclic esters (lactones) is 1. The Kier molecular flexibility index (Phi) is 6.62. The molecule has 4 rings (SSSR count). The van der Waals surface area contributed by atoms with Crippen molar-refractivity contribution < 1.29 is 46.8 Å². The first-order chi connectivity index (χ1) is 16.9. The predicted octanol–water partition coefficient (Wildman–Crippen LogP) is -1.57. The monoisotopic (exact) mass is 546 g/mol. The van der Waals surface area contributed by atoms with Crippen molar-refractivity contribution in [2.24, 2.45) is 16.8 Å². The maximum absolute atomic E-state index is 13.2. The van der Waals surface area contributed by atoms with Crippen LogP contribution in [-0.2, 0) is 34.3 Å². The number of aromatic nitrogens is 1. The van der Waals surface area contributed by atoms with Gasteiger partial charge in [0.1, 0.15) is 11.8 Å². The minimum Gasteiger partial charge on any atom is -0.478 e. The smallest absolute Gasteiger partial charge is 0.410 e. The van der Waals surface area contributed by atoms with E-state index < -0.39 is 69.9 Å².